The van der Waals surface area contributed by atoms with Gasteiger partial charge in [-0.05, 0) is 73.3 Å². The number of ether oxygens (including phenoxy) is 2. The topological polar surface area (TPSA) is 38.8 Å². The van der Waals surface area contributed by atoms with Crippen molar-refractivity contribution in [2.24, 2.45) is 0 Å². The molecule has 1 unspecified atom stereocenters. The Labute approximate surface area is 179 Å². The molecule has 4 nitrogen and oxygen atoms in total. The molecular formula is C25H32FNO3. The van der Waals surface area contributed by atoms with Crippen LogP contribution in [0, 0.1) is 5.82 Å². The third kappa shape index (κ3) is 6.56. The van der Waals surface area contributed by atoms with E-state index >= 15 is 0 Å². The summed E-state index contributed by atoms with van der Waals surface area (Å²) in [5.74, 6) is -0.0772. The molecule has 5 heteroatoms. The number of carbonyl (C=O) groups is 1. The molecule has 1 atom stereocenters. The molecule has 0 bridgehead atoms. The fraction of sp³-hybridized carbons (Fsp3) is 0.480. The maximum absolute atomic E-state index is 13.2. The maximum atomic E-state index is 13.2. The number of halogens is 1. The minimum atomic E-state index is -0.455. The predicted octanol–water partition coefficient (Wildman–Crippen LogP) is 5.21. The van der Waals surface area contributed by atoms with Crippen LogP contribution in [0.3, 0.4) is 0 Å². The van der Waals surface area contributed by atoms with Gasteiger partial charge >= 0.3 is 5.97 Å². The summed E-state index contributed by atoms with van der Waals surface area (Å²) in [6.45, 7) is 9.44. The van der Waals surface area contributed by atoms with Gasteiger partial charge in [-0.25, -0.2) is 9.18 Å². The highest BCUT2D eigenvalue weighted by Crippen LogP contribution is 2.24. The average molecular weight is 414 g/mol. The number of hydrogen-bond donors (Lipinski definition) is 0. The van der Waals surface area contributed by atoms with Gasteiger partial charge in [-0.2, -0.15) is 0 Å². The molecular weight excluding hydrogens is 381 g/mol. The van der Waals surface area contributed by atoms with Gasteiger partial charge in [0, 0.05) is 6.54 Å². The van der Waals surface area contributed by atoms with Crippen molar-refractivity contribution in [3.8, 4) is 5.75 Å². The molecule has 3 rings (SSSR count). The molecule has 1 aliphatic heterocycles. The van der Waals surface area contributed by atoms with E-state index in [2.05, 4.69) is 37.8 Å². The summed E-state index contributed by atoms with van der Waals surface area (Å²) in [6.07, 6.45) is 3.16. The van der Waals surface area contributed by atoms with E-state index in [9.17, 15) is 9.18 Å². The number of carbonyl (C=O) groups excluding carboxylic acids is 1. The van der Waals surface area contributed by atoms with Gasteiger partial charge in [0.1, 0.15) is 24.3 Å². The highest BCUT2D eigenvalue weighted by Gasteiger charge is 2.22. The molecule has 0 aliphatic carbocycles. The molecule has 1 saturated heterocycles. The summed E-state index contributed by atoms with van der Waals surface area (Å²) >= 11 is 0. The van der Waals surface area contributed by atoms with E-state index in [0.717, 1.165) is 31.7 Å². The first-order chi connectivity index (χ1) is 14.3. The van der Waals surface area contributed by atoms with Crippen molar-refractivity contribution in [3.63, 3.8) is 0 Å². The Kier molecular flexibility index (Phi) is 7.48. The fourth-order valence-corrected chi connectivity index (χ4v) is 3.60. The van der Waals surface area contributed by atoms with Crippen molar-refractivity contribution >= 4 is 5.97 Å². The van der Waals surface area contributed by atoms with Crippen molar-refractivity contribution in [1.82, 2.24) is 4.90 Å². The Morgan fingerprint density at radius 3 is 2.23 bits per heavy atom. The molecule has 2 aromatic carbocycles. The third-order valence-electron chi connectivity index (χ3n) is 5.42. The van der Waals surface area contributed by atoms with Crippen molar-refractivity contribution in [1.29, 1.82) is 0 Å². The van der Waals surface area contributed by atoms with E-state index in [-0.39, 0.29) is 17.8 Å². The van der Waals surface area contributed by atoms with Crippen LogP contribution in [0.15, 0.2) is 48.5 Å². The van der Waals surface area contributed by atoms with Gasteiger partial charge in [0.2, 0.25) is 0 Å². The lowest BCUT2D eigenvalue weighted by Crippen LogP contribution is -2.41. The van der Waals surface area contributed by atoms with Crippen LogP contribution in [0.25, 0.3) is 0 Å². The Morgan fingerprint density at radius 2 is 1.63 bits per heavy atom. The van der Waals surface area contributed by atoms with E-state index in [1.54, 1.807) is 0 Å². The first-order valence-electron chi connectivity index (χ1n) is 10.7. The fourth-order valence-electron chi connectivity index (χ4n) is 3.60. The molecule has 2 aromatic rings. The molecule has 30 heavy (non-hydrogen) atoms. The Hall–Kier alpha value is -2.40. The summed E-state index contributed by atoms with van der Waals surface area (Å²) in [6, 6.07) is 13.5. The number of esters is 1. The lowest BCUT2D eigenvalue weighted by molar-refractivity contribution is 0.00390. The molecule has 1 fully saturated rings. The van der Waals surface area contributed by atoms with Crippen LogP contribution >= 0.6 is 0 Å². The van der Waals surface area contributed by atoms with Crippen LogP contribution in [0.1, 0.15) is 56.0 Å². The van der Waals surface area contributed by atoms with Gasteiger partial charge in [-0.15, -0.1) is 0 Å². The minimum Gasteiger partial charge on any atom is -0.490 e. The minimum absolute atomic E-state index is 0.0833. The molecule has 0 saturated carbocycles. The van der Waals surface area contributed by atoms with Crippen LogP contribution in [0.4, 0.5) is 4.39 Å². The number of likely N-dealkylation sites (tertiary alicyclic amines) is 1. The zero-order valence-electron chi connectivity index (χ0n) is 18.2. The Morgan fingerprint density at radius 1 is 1.00 bits per heavy atom. The Balaban J connectivity index is 1.64. The largest absolute Gasteiger partial charge is 0.490 e. The Bertz CT molecular complexity index is 806. The second kappa shape index (κ2) is 10.1. The van der Waals surface area contributed by atoms with Crippen LogP contribution in [-0.2, 0) is 10.2 Å². The first kappa shape index (κ1) is 22.3. The lowest BCUT2D eigenvalue weighted by Gasteiger charge is -2.30. The van der Waals surface area contributed by atoms with Crippen molar-refractivity contribution in [2.75, 3.05) is 26.2 Å². The molecule has 0 spiro atoms. The van der Waals surface area contributed by atoms with Crippen LogP contribution in [0.2, 0.25) is 0 Å². The van der Waals surface area contributed by atoms with Crippen molar-refractivity contribution in [3.05, 3.63) is 65.5 Å². The quantitative estimate of drug-likeness (QED) is 0.584. The van der Waals surface area contributed by atoms with E-state index in [0.29, 0.717) is 12.1 Å². The number of hydrogen-bond acceptors (Lipinski definition) is 4. The van der Waals surface area contributed by atoms with Crippen molar-refractivity contribution in [2.45, 2.75) is 51.6 Å². The van der Waals surface area contributed by atoms with E-state index in [1.165, 1.54) is 36.2 Å². The van der Waals surface area contributed by atoms with Gasteiger partial charge in [-0.1, -0.05) is 39.3 Å². The lowest BCUT2D eigenvalue weighted by atomic mass is 9.87. The maximum Gasteiger partial charge on any atom is 0.338 e. The number of benzene rings is 2. The zero-order valence-corrected chi connectivity index (χ0v) is 18.2. The van der Waals surface area contributed by atoms with Crippen LogP contribution in [0.5, 0.6) is 5.75 Å². The molecule has 162 valence electrons. The van der Waals surface area contributed by atoms with Crippen LogP contribution in [-0.4, -0.2) is 43.2 Å². The summed E-state index contributed by atoms with van der Waals surface area (Å²) in [4.78, 5) is 14.9. The molecule has 1 heterocycles. The molecule has 0 N–H and O–H groups in total. The molecule has 0 amide bonds. The third-order valence-corrected chi connectivity index (χ3v) is 5.42. The van der Waals surface area contributed by atoms with Gasteiger partial charge < -0.3 is 9.47 Å². The van der Waals surface area contributed by atoms with E-state index in [4.69, 9.17) is 9.47 Å². The summed E-state index contributed by atoms with van der Waals surface area (Å²) in [5.41, 5.74) is 1.66. The normalized spacial score (nSPS) is 16.1. The standard InChI is InChI=1S/C25H32FNO3/c1-25(2,3)20-9-13-22(14-10-20)29-18-23(17-27-15-5-4-6-16-27)30-24(28)19-7-11-21(26)12-8-19/h7-14,23H,4-6,15-18H2,1-3H3. The summed E-state index contributed by atoms with van der Waals surface area (Å²) in [5, 5.41) is 0. The predicted molar refractivity (Wildman–Crippen MR) is 117 cm³/mol. The average Bonchev–Trinajstić information content (AvgIpc) is 2.73. The van der Waals surface area contributed by atoms with Gasteiger partial charge in [-0.3, -0.25) is 4.90 Å². The van der Waals surface area contributed by atoms with Gasteiger partial charge in [0.25, 0.3) is 0 Å². The molecule has 0 radical (unpaired) electrons. The number of rotatable bonds is 7. The van der Waals surface area contributed by atoms with Crippen molar-refractivity contribution < 1.29 is 18.7 Å². The molecule has 0 aromatic heterocycles. The van der Waals surface area contributed by atoms with E-state index < -0.39 is 12.1 Å². The second-order valence-corrected chi connectivity index (χ2v) is 8.98. The summed E-state index contributed by atoms with van der Waals surface area (Å²) < 4.78 is 24.9. The first-order valence-corrected chi connectivity index (χ1v) is 10.7. The SMILES string of the molecule is CC(C)(C)c1ccc(OCC(CN2CCCCC2)OC(=O)c2ccc(F)cc2)cc1. The zero-order chi connectivity index (χ0) is 21.6. The number of piperidine rings is 1. The highest BCUT2D eigenvalue weighted by atomic mass is 19.1. The monoisotopic (exact) mass is 413 g/mol. The van der Waals surface area contributed by atoms with Gasteiger partial charge in [0.15, 0.2) is 0 Å². The summed E-state index contributed by atoms with van der Waals surface area (Å²) in [7, 11) is 0. The molecule has 1 aliphatic rings. The second-order valence-electron chi connectivity index (χ2n) is 8.98. The highest BCUT2D eigenvalue weighted by molar-refractivity contribution is 5.89. The van der Waals surface area contributed by atoms with Crippen LogP contribution < -0.4 is 4.74 Å². The number of nitrogens with zero attached hydrogens (tertiary/aromatic N) is 1. The smallest absolute Gasteiger partial charge is 0.338 e. The van der Waals surface area contributed by atoms with E-state index in [1.807, 2.05) is 12.1 Å². The van der Waals surface area contributed by atoms with Gasteiger partial charge in [0.05, 0.1) is 5.56 Å².